The van der Waals surface area contributed by atoms with Crippen LogP contribution in [0.2, 0.25) is 5.02 Å². The normalized spacial score (nSPS) is 19.2. The molecule has 24 heavy (non-hydrogen) atoms. The molecule has 2 aromatic carbocycles. The monoisotopic (exact) mass is 364 g/mol. The van der Waals surface area contributed by atoms with Gasteiger partial charge in [0.05, 0.1) is 28.7 Å². The molecule has 1 unspecified atom stereocenters. The van der Waals surface area contributed by atoms with Crippen molar-refractivity contribution in [3.8, 4) is 0 Å². The highest BCUT2D eigenvalue weighted by Crippen LogP contribution is 2.47. The number of sulfonamides is 1. The van der Waals surface area contributed by atoms with Crippen molar-refractivity contribution >= 4 is 33.0 Å². The Morgan fingerprint density at radius 2 is 1.88 bits per heavy atom. The first-order chi connectivity index (χ1) is 11.2. The van der Waals surface area contributed by atoms with Crippen LogP contribution in [0, 0.1) is 0 Å². The third-order valence-electron chi connectivity index (χ3n) is 4.41. The molecule has 128 valence electrons. The van der Waals surface area contributed by atoms with Crippen molar-refractivity contribution in [3.63, 3.8) is 0 Å². The second-order valence-electron chi connectivity index (χ2n) is 6.91. The largest absolute Gasteiger partial charge is 0.377 e. The molecule has 0 spiro atoms. The SMILES string of the molecule is CC1(C)CC(c2ccccc2NS(C)(=O)=O)Nc2c(Cl)cccc21. The molecule has 1 heterocycles. The molecule has 0 aliphatic carbocycles. The minimum Gasteiger partial charge on any atom is -0.377 e. The number of hydrogen-bond acceptors (Lipinski definition) is 3. The van der Waals surface area contributed by atoms with Gasteiger partial charge in [-0.1, -0.05) is 55.8 Å². The van der Waals surface area contributed by atoms with Crippen molar-refractivity contribution in [2.24, 2.45) is 0 Å². The van der Waals surface area contributed by atoms with E-state index in [1.807, 2.05) is 30.3 Å². The zero-order valence-corrected chi connectivity index (χ0v) is 15.5. The Morgan fingerprint density at radius 3 is 2.58 bits per heavy atom. The second kappa shape index (κ2) is 5.97. The van der Waals surface area contributed by atoms with Gasteiger partial charge in [-0.25, -0.2) is 8.42 Å². The fourth-order valence-corrected chi connectivity index (χ4v) is 4.18. The number of rotatable bonds is 3. The van der Waals surface area contributed by atoms with Crippen LogP contribution in [0.4, 0.5) is 11.4 Å². The highest BCUT2D eigenvalue weighted by atomic mass is 35.5. The summed E-state index contributed by atoms with van der Waals surface area (Å²) in [4.78, 5) is 0. The number of hydrogen-bond donors (Lipinski definition) is 2. The van der Waals surface area contributed by atoms with Crippen molar-refractivity contribution in [2.75, 3.05) is 16.3 Å². The van der Waals surface area contributed by atoms with E-state index in [0.717, 1.165) is 23.9 Å². The fraction of sp³-hybridized carbons (Fsp3) is 0.333. The zero-order chi connectivity index (χ0) is 17.5. The van der Waals surface area contributed by atoms with Gasteiger partial charge < -0.3 is 5.32 Å². The molecule has 2 aromatic rings. The van der Waals surface area contributed by atoms with Crippen LogP contribution in [0.5, 0.6) is 0 Å². The number of halogens is 1. The molecular formula is C18H21ClN2O2S. The maximum atomic E-state index is 11.7. The van der Waals surface area contributed by atoms with E-state index in [4.69, 9.17) is 11.6 Å². The maximum Gasteiger partial charge on any atom is 0.229 e. The van der Waals surface area contributed by atoms with Gasteiger partial charge in [-0.15, -0.1) is 0 Å². The molecule has 0 saturated carbocycles. The molecule has 0 aromatic heterocycles. The third kappa shape index (κ3) is 3.37. The summed E-state index contributed by atoms with van der Waals surface area (Å²) in [6.45, 7) is 4.37. The van der Waals surface area contributed by atoms with Gasteiger partial charge >= 0.3 is 0 Å². The number of nitrogens with one attached hydrogen (secondary N) is 2. The molecule has 0 bridgehead atoms. The van der Waals surface area contributed by atoms with Crippen LogP contribution in [0.15, 0.2) is 42.5 Å². The number of fused-ring (bicyclic) bond motifs is 1. The van der Waals surface area contributed by atoms with Crippen molar-refractivity contribution in [2.45, 2.75) is 31.7 Å². The highest BCUT2D eigenvalue weighted by Gasteiger charge is 2.35. The predicted octanol–water partition coefficient (Wildman–Crippen LogP) is 4.55. The van der Waals surface area contributed by atoms with Gasteiger partial charge in [0, 0.05) is 0 Å². The maximum absolute atomic E-state index is 11.7. The average Bonchev–Trinajstić information content (AvgIpc) is 2.46. The van der Waals surface area contributed by atoms with Crippen molar-refractivity contribution in [1.82, 2.24) is 0 Å². The fourth-order valence-electron chi connectivity index (χ4n) is 3.36. The lowest BCUT2D eigenvalue weighted by atomic mass is 9.74. The van der Waals surface area contributed by atoms with E-state index in [1.165, 1.54) is 5.56 Å². The summed E-state index contributed by atoms with van der Waals surface area (Å²) in [6.07, 6.45) is 2.00. The Hall–Kier alpha value is -1.72. The van der Waals surface area contributed by atoms with Crippen LogP contribution in [0.1, 0.15) is 37.4 Å². The van der Waals surface area contributed by atoms with Crippen LogP contribution in [-0.2, 0) is 15.4 Å². The van der Waals surface area contributed by atoms with E-state index in [2.05, 4.69) is 30.0 Å². The Bertz CT molecular complexity index is 878. The lowest BCUT2D eigenvalue weighted by Gasteiger charge is -2.39. The first-order valence-electron chi connectivity index (χ1n) is 7.80. The molecule has 0 radical (unpaired) electrons. The van der Waals surface area contributed by atoms with Gasteiger partial charge in [-0.3, -0.25) is 4.72 Å². The Kier molecular flexibility index (Phi) is 4.26. The van der Waals surface area contributed by atoms with E-state index in [9.17, 15) is 8.42 Å². The van der Waals surface area contributed by atoms with Crippen LogP contribution in [0.3, 0.4) is 0 Å². The van der Waals surface area contributed by atoms with Crippen LogP contribution < -0.4 is 10.0 Å². The van der Waals surface area contributed by atoms with Gasteiger partial charge in [0.25, 0.3) is 0 Å². The first-order valence-corrected chi connectivity index (χ1v) is 10.1. The van der Waals surface area contributed by atoms with Crippen LogP contribution in [-0.4, -0.2) is 14.7 Å². The summed E-state index contributed by atoms with van der Waals surface area (Å²) >= 11 is 6.39. The van der Waals surface area contributed by atoms with Gasteiger partial charge in [0.1, 0.15) is 0 Å². The summed E-state index contributed by atoms with van der Waals surface area (Å²) in [7, 11) is -3.34. The highest BCUT2D eigenvalue weighted by molar-refractivity contribution is 7.92. The van der Waals surface area contributed by atoms with E-state index in [0.29, 0.717) is 10.7 Å². The third-order valence-corrected chi connectivity index (χ3v) is 5.31. The van der Waals surface area contributed by atoms with Crippen molar-refractivity contribution < 1.29 is 8.42 Å². The summed E-state index contributed by atoms with van der Waals surface area (Å²) in [5.74, 6) is 0. The molecule has 3 rings (SSSR count). The van der Waals surface area contributed by atoms with Crippen LogP contribution >= 0.6 is 11.6 Å². The van der Waals surface area contributed by atoms with Crippen LogP contribution in [0.25, 0.3) is 0 Å². The Balaban J connectivity index is 2.05. The molecule has 0 saturated heterocycles. The second-order valence-corrected chi connectivity index (χ2v) is 9.06. The molecule has 0 amide bonds. The van der Waals surface area contributed by atoms with Gasteiger partial charge in [-0.05, 0) is 35.1 Å². The van der Waals surface area contributed by atoms with E-state index in [1.54, 1.807) is 6.07 Å². The Morgan fingerprint density at radius 1 is 1.17 bits per heavy atom. The quantitative estimate of drug-likeness (QED) is 0.840. The number of para-hydroxylation sites is 2. The lowest BCUT2D eigenvalue weighted by molar-refractivity contribution is 0.428. The van der Waals surface area contributed by atoms with Gasteiger partial charge in [0.2, 0.25) is 10.0 Å². The minimum atomic E-state index is -3.34. The topological polar surface area (TPSA) is 58.2 Å². The molecule has 4 nitrogen and oxygen atoms in total. The minimum absolute atomic E-state index is 0.0298. The lowest BCUT2D eigenvalue weighted by Crippen LogP contribution is -2.31. The standard InChI is InChI=1S/C18H21ClN2O2S/c1-18(2)11-16(20-17-13(18)8-6-9-14(17)19)12-7-4-5-10-15(12)21-24(3,22)23/h4-10,16,20-21H,11H2,1-3H3. The van der Waals surface area contributed by atoms with E-state index in [-0.39, 0.29) is 11.5 Å². The number of anilines is 2. The molecule has 6 heteroatoms. The summed E-state index contributed by atoms with van der Waals surface area (Å²) < 4.78 is 25.9. The molecule has 1 aliphatic heterocycles. The molecule has 2 N–H and O–H groups in total. The Labute approximate surface area is 148 Å². The number of benzene rings is 2. The van der Waals surface area contributed by atoms with Crippen molar-refractivity contribution in [3.05, 3.63) is 58.6 Å². The molecule has 1 atom stereocenters. The summed E-state index contributed by atoms with van der Waals surface area (Å²) in [6, 6.07) is 13.4. The molecular weight excluding hydrogens is 344 g/mol. The predicted molar refractivity (Wildman–Crippen MR) is 100 cm³/mol. The first kappa shape index (κ1) is 17.1. The van der Waals surface area contributed by atoms with E-state index < -0.39 is 10.0 Å². The molecule has 0 fully saturated rings. The summed E-state index contributed by atoms with van der Waals surface area (Å²) in [5, 5.41) is 4.18. The summed E-state index contributed by atoms with van der Waals surface area (Å²) in [5.41, 5.74) is 3.55. The molecule has 1 aliphatic rings. The van der Waals surface area contributed by atoms with E-state index >= 15 is 0 Å². The van der Waals surface area contributed by atoms with Gasteiger partial charge in [-0.2, -0.15) is 0 Å². The average molecular weight is 365 g/mol. The zero-order valence-electron chi connectivity index (χ0n) is 13.9. The van der Waals surface area contributed by atoms with Gasteiger partial charge in [0.15, 0.2) is 0 Å². The van der Waals surface area contributed by atoms with Crippen molar-refractivity contribution in [1.29, 1.82) is 0 Å². The smallest absolute Gasteiger partial charge is 0.229 e.